The van der Waals surface area contributed by atoms with Gasteiger partial charge in [-0.15, -0.1) is 0 Å². The Kier molecular flexibility index (Phi) is 2.50. The largest absolute Gasteiger partial charge is 0.395 e. The molecule has 0 aliphatic carbocycles. The Hall–Kier alpha value is -0.240. The molecule has 0 aromatic heterocycles. The number of nitrogens with zero attached hydrogens (tertiary/aromatic N) is 1. The molecule has 2 aliphatic rings. The first kappa shape index (κ1) is 10.3. The molecule has 6 heteroatoms. The molecular formula is C8H15NO5. The van der Waals surface area contributed by atoms with E-state index in [0.29, 0.717) is 0 Å². The summed E-state index contributed by atoms with van der Waals surface area (Å²) in [6, 6.07) is -1.26. The Labute approximate surface area is 81.0 Å². The number of hydrogen-bond donors (Lipinski definition) is 5. The van der Waals surface area contributed by atoms with E-state index >= 15 is 0 Å². The van der Waals surface area contributed by atoms with E-state index in [1.54, 1.807) is 4.90 Å². The van der Waals surface area contributed by atoms with Gasteiger partial charge >= 0.3 is 0 Å². The molecule has 2 heterocycles. The number of aliphatic hydroxyl groups excluding tert-OH is 5. The fourth-order valence-corrected chi connectivity index (χ4v) is 2.46. The minimum absolute atomic E-state index is 0.172. The third-order valence-electron chi connectivity index (χ3n) is 3.23. The van der Waals surface area contributed by atoms with Crippen molar-refractivity contribution in [2.45, 2.75) is 36.5 Å². The van der Waals surface area contributed by atoms with Crippen molar-refractivity contribution in [3.8, 4) is 0 Å². The van der Waals surface area contributed by atoms with Gasteiger partial charge in [0.2, 0.25) is 0 Å². The molecule has 0 saturated carbocycles. The van der Waals surface area contributed by atoms with Gasteiger partial charge in [-0.25, -0.2) is 0 Å². The van der Waals surface area contributed by atoms with Crippen LogP contribution in [0.3, 0.4) is 0 Å². The maximum atomic E-state index is 9.58. The van der Waals surface area contributed by atoms with E-state index in [1.807, 2.05) is 0 Å². The molecule has 5 N–H and O–H groups in total. The highest BCUT2D eigenvalue weighted by atomic mass is 16.4. The summed E-state index contributed by atoms with van der Waals surface area (Å²) >= 11 is 0. The van der Waals surface area contributed by atoms with Crippen LogP contribution in [0.25, 0.3) is 0 Å². The summed E-state index contributed by atoms with van der Waals surface area (Å²) in [5.74, 6) is 0. The molecule has 82 valence electrons. The van der Waals surface area contributed by atoms with Crippen molar-refractivity contribution >= 4 is 0 Å². The summed E-state index contributed by atoms with van der Waals surface area (Å²) in [6.07, 6.45) is -4.15. The SMILES string of the molecule is OC[C@H]1[C@@H](O)[C@H](O)[C@H]2[C@H](O)[C@@H](O)CN21. The molecule has 0 aromatic carbocycles. The van der Waals surface area contributed by atoms with Crippen molar-refractivity contribution < 1.29 is 25.5 Å². The summed E-state index contributed by atoms with van der Waals surface area (Å²) in [5.41, 5.74) is 0. The highest BCUT2D eigenvalue weighted by Crippen LogP contribution is 2.33. The first-order valence-corrected chi connectivity index (χ1v) is 4.66. The van der Waals surface area contributed by atoms with Crippen LogP contribution in [0.5, 0.6) is 0 Å². The molecule has 0 bridgehead atoms. The van der Waals surface area contributed by atoms with Crippen LogP contribution in [0.4, 0.5) is 0 Å². The van der Waals surface area contributed by atoms with E-state index in [2.05, 4.69) is 0 Å². The van der Waals surface area contributed by atoms with E-state index in [9.17, 15) is 20.4 Å². The minimum Gasteiger partial charge on any atom is -0.395 e. The number of fused-ring (bicyclic) bond motifs is 1. The average Bonchev–Trinajstić information content (AvgIpc) is 2.54. The van der Waals surface area contributed by atoms with Gasteiger partial charge in [0.15, 0.2) is 0 Å². The fraction of sp³-hybridized carbons (Fsp3) is 1.00. The molecule has 2 rings (SSSR count). The standard InChI is InChI=1S/C8H15NO5/c10-2-3-6(12)8(14)5-7(13)4(11)1-9(3)5/h3-8,10-14H,1-2H2/t3-,4-,5+,6+,7+,8+/m0/s1. The molecule has 0 unspecified atom stereocenters. The van der Waals surface area contributed by atoms with Crippen LogP contribution in [0.2, 0.25) is 0 Å². The van der Waals surface area contributed by atoms with Crippen molar-refractivity contribution in [2.24, 2.45) is 0 Å². The molecule has 6 nitrogen and oxygen atoms in total. The van der Waals surface area contributed by atoms with E-state index in [-0.39, 0.29) is 13.2 Å². The van der Waals surface area contributed by atoms with Gasteiger partial charge in [0.05, 0.1) is 43.1 Å². The molecule has 0 amide bonds. The maximum absolute atomic E-state index is 9.58. The van der Waals surface area contributed by atoms with Gasteiger partial charge < -0.3 is 25.5 Å². The van der Waals surface area contributed by atoms with Crippen LogP contribution >= 0.6 is 0 Å². The lowest BCUT2D eigenvalue weighted by atomic mass is 10.0. The molecule has 2 fully saturated rings. The second kappa shape index (κ2) is 3.41. The van der Waals surface area contributed by atoms with Crippen molar-refractivity contribution in [3.05, 3.63) is 0 Å². The highest BCUT2D eigenvalue weighted by molar-refractivity contribution is 5.09. The van der Waals surface area contributed by atoms with Crippen LogP contribution in [0.15, 0.2) is 0 Å². The van der Waals surface area contributed by atoms with Gasteiger partial charge in [0, 0.05) is 6.54 Å². The van der Waals surface area contributed by atoms with Crippen LogP contribution in [0.1, 0.15) is 0 Å². The molecule has 2 aliphatic heterocycles. The summed E-state index contributed by atoms with van der Waals surface area (Å²) in [7, 11) is 0. The second-order valence-electron chi connectivity index (χ2n) is 3.98. The van der Waals surface area contributed by atoms with E-state index in [4.69, 9.17) is 5.11 Å². The highest BCUT2D eigenvalue weighted by Gasteiger charge is 2.56. The van der Waals surface area contributed by atoms with Crippen LogP contribution in [-0.4, -0.2) is 80.1 Å². The number of hydrogen-bond acceptors (Lipinski definition) is 6. The van der Waals surface area contributed by atoms with Crippen molar-refractivity contribution in [2.75, 3.05) is 13.2 Å². The van der Waals surface area contributed by atoms with Gasteiger partial charge in [0.1, 0.15) is 0 Å². The number of aliphatic hydroxyl groups is 5. The summed E-state index contributed by atoms with van der Waals surface area (Å²) < 4.78 is 0. The van der Waals surface area contributed by atoms with Gasteiger partial charge in [-0.05, 0) is 0 Å². The van der Waals surface area contributed by atoms with Crippen LogP contribution in [-0.2, 0) is 0 Å². The Balaban J connectivity index is 2.21. The van der Waals surface area contributed by atoms with Gasteiger partial charge in [-0.2, -0.15) is 0 Å². The smallest absolute Gasteiger partial charge is 0.0996 e. The third kappa shape index (κ3) is 1.19. The topological polar surface area (TPSA) is 104 Å². The molecule has 6 atom stereocenters. The van der Waals surface area contributed by atoms with Crippen molar-refractivity contribution in [3.63, 3.8) is 0 Å². The lowest BCUT2D eigenvalue weighted by molar-refractivity contribution is -0.0268. The molecule has 0 radical (unpaired) electrons. The third-order valence-corrected chi connectivity index (χ3v) is 3.23. The van der Waals surface area contributed by atoms with E-state index in [0.717, 1.165) is 0 Å². The predicted octanol–water partition coefficient (Wildman–Crippen LogP) is -3.51. The Morgan fingerprint density at radius 1 is 1.00 bits per heavy atom. The molecule has 14 heavy (non-hydrogen) atoms. The second-order valence-corrected chi connectivity index (χ2v) is 3.98. The Morgan fingerprint density at radius 2 is 1.64 bits per heavy atom. The monoisotopic (exact) mass is 205 g/mol. The minimum atomic E-state index is -1.11. The molecule has 2 saturated heterocycles. The predicted molar refractivity (Wildman–Crippen MR) is 45.4 cm³/mol. The normalized spacial score (nSPS) is 53.8. The average molecular weight is 205 g/mol. The van der Waals surface area contributed by atoms with Gasteiger partial charge in [-0.3, -0.25) is 4.90 Å². The summed E-state index contributed by atoms with van der Waals surface area (Å²) in [4.78, 5) is 1.56. The van der Waals surface area contributed by atoms with Gasteiger partial charge in [-0.1, -0.05) is 0 Å². The molecule has 0 aromatic rings. The summed E-state index contributed by atoms with van der Waals surface area (Å²) in [5, 5.41) is 47.0. The lowest BCUT2D eigenvalue weighted by Crippen LogP contribution is -2.41. The van der Waals surface area contributed by atoms with E-state index in [1.165, 1.54) is 0 Å². The lowest BCUT2D eigenvalue weighted by Gasteiger charge is -2.22. The van der Waals surface area contributed by atoms with Crippen molar-refractivity contribution in [1.82, 2.24) is 4.90 Å². The quantitative estimate of drug-likeness (QED) is 0.304. The van der Waals surface area contributed by atoms with Crippen molar-refractivity contribution in [1.29, 1.82) is 0 Å². The zero-order chi connectivity index (χ0) is 10.5. The maximum Gasteiger partial charge on any atom is 0.0996 e. The van der Waals surface area contributed by atoms with Gasteiger partial charge in [0.25, 0.3) is 0 Å². The summed E-state index contributed by atoms with van der Waals surface area (Å²) in [6.45, 7) is -0.126. The molecule has 0 spiro atoms. The van der Waals surface area contributed by atoms with E-state index < -0.39 is 36.5 Å². The first-order valence-electron chi connectivity index (χ1n) is 4.66. The Bertz CT molecular complexity index is 226. The number of rotatable bonds is 1. The molecular weight excluding hydrogens is 190 g/mol. The zero-order valence-corrected chi connectivity index (χ0v) is 7.56. The van der Waals surface area contributed by atoms with Crippen LogP contribution in [0, 0.1) is 0 Å². The first-order chi connectivity index (χ1) is 6.57. The zero-order valence-electron chi connectivity index (χ0n) is 7.56. The fourth-order valence-electron chi connectivity index (χ4n) is 2.46. The van der Waals surface area contributed by atoms with Crippen LogP contribution < -0.4 is 0 Å². The Morgan fingerprint density at radius 3 is 2.21 bits per heavy atom.